The van der Waals surface area contributed by atoms with E-state index in [4.69, 9.17) is 16.3 Å². The molecule has 1 amide bonds. The van der Waals surface area contributed by atoms with Crippen molar-refractivity contribution in [2.45, 2.75) is 33.4 Å². The highest BCUT2D eigenvalue weighted by Gasteiger charge is 2.21. The van der Waals surface area contributed by atoms with Gasteiger partial charge in [-0.25, -0.2) is 0 Å². The first-order valence-corrected chi connectivity index (χ1v) is 7.82. The maximum atomic E-state index is 12.5. The fraction of sp³-hybridized carbons (Fsp3) is 0.412. The molecule has 1 aromatic carbocycles. The zero-order valence-electron chi connectivity index (χ0n) is 14.1. The summed E-state index contributed by atoms with van der Waals surface area (Å²) in [5, 5.41) is 4.94. The lowest BCUT2D eigenvalue weighted by Gasteiger charge is -2.22. The molecular formula is C17H22ClN3O2. The third kappa shape index (κ3) is 4.26. The van der Waals surface area contributed by atoms with E-state index in [0.717, 1.165) is 16.8 Å². The Kier molecular flexibility index (Phi) is 5.31. The zero-order valence-corrected chi connectivity index (χ0v) is 14.9. The number of aromatic nitrogens is 2. The van der Waals surface area contributed by atoms with Gasteiger partial charge in [0, 0.05) is 37.4 Å². The van der Waals surface area contributed by atoms with Crippen molar-refractivity contribution < 1.29 is 9.53 Å². The van der Waals surface area contributed by atoms with Crippen LogP contribution in [0.2, 0.25) is 5.02 Å². The number of halogens is 1. The molecule has 0 saturated heterocycles. The minimum Gasteiger partial charge on any atom is -0.481 e. The minimum atomic E-state index is -0.572. The average Bonchev–Trinajstić information content (AvgIpc) is 2.78. The first-order valence-electron chi connectivity index (χ1n) is 7.45. The molecule has 0 aliphatic heterocycles. The van der Waals surface area contributed by atoms with E-state index in [9.17, 15) is 4.79 Å². The van der Waals surface area contributed by atoms with Gasteiger partial charge in [0.1, 0.15) is 5.75 Å². The topological polar surface area (TPSA) is 47.4 Å². The van der Waals surface area contributed by atoms with Gasteiger partial charge in [-0.1, -0.05) is 11.6 Å². The van der Waals surface area contributed by atoms with Gasteiger partial charge in [-0.2, -0.15) is 5.10 Å². The number of rotatable bonds is 5. The Labute approximate surface area is 141 Å². The third-order valence-corrected chi connectivity index (χ3v) is 3.92. The second kappa shape index (κ2) is 7.04. The summed E-state index contributed by atoms with van der Waals surface area (Å²) in [4.78, 5) is 14.1. The average molecular weight is 336 g/mol. The number of ether oxygens (including phenoxy) is 1. The largest absolute Gasteiger partial charge is 0.481 e. The highest BCUT2D eigenvalue weighted by atomic mass is 35.5. The van der Waals surface area contributed by atoms with Crippen LogP contribution in [0.5, 0.6) is 5.75 Å². The van der Waals surface area contributed by atoms with Gasteiger partial charge in [0.25, 0.3) is 5.91 Å². The molecule has 0 fully saturated rings. The van der Waals surface area contributed by atoms with E-state index in [2.05, 4.69) is 5.10 Å². The highest BCUT2D eigenvalue weighted by molar-refractivity contribution is 6.30. The van der Waals surface area contributed by atoms with Crippen molar-refractivity contribution in [2.24, 2.45) is 7.05 Å². The van der Waals surface area contributed by atoms with Crippen LogP contribution in [0, 0.1) is 13.8 Å². The summed E-state index contributed by atoms with van der Waals surface area (Å²) in [6.45, 7) is 6.10. The summed E-state index contributed by atoms with van der Waals surface area (Å²) >= 11 is 5.93. The van der Waals surface area contributed by atoms with Crippen LogP contribution in [0.25, 0.3) is 0 Å². The number of nitrogens with zero attached hydrogens (tertiary/aromatic N) is 3. The van der Waals surface area contributed by atoms with Crippen molar-refractivity contribution in [2.75, 3.05) is 7.05 Å². The van der Waals surface area contributed by atoms with Crippen LogP contribution in [0.4, 0.5) is 0 Å². The Morgan fingerprint density at radius 2 is 2.13 bits per heavy atom. The summed E-state index contributed by atoms with van der Waals surface area (Å²) in [7, 11) is 3.64. The molecule has 0 aliphatic carbocycles. The number of amides is 1. The van der Waals surface area contributed by atoms with Crippen molar-refractivity contribution in [1.82, 2.24) is 14.7 Å². The minimum absolute atomic E-state index is 0.0809. The van der Waals surface area contributed by atoms with E-state index in [0.29, 0.717) is 17.3 Å². The number of likely N-dealkylation sites (N-methyl/N-ethyl adjacent to an activating group) is 1. The number of benzene rings is 1. The molecule has 1 aromatic heterocycles. The molecule has 0 saturated carbocycles. The van der Waals surface area contributed by atoms with E-state index in [1.54, 1.807) is 35.7 Å². The Morgan fingerprint density at radius 3 is 2.70 bits per heavy atom. The normalized spacial score (nSPS) is 12.1. The van der Waals surface area contributed by atoms with Gasteiger partial charge in [-0.3, -0.25) is 9.48 Å². The molecule has 2 aromatic rings. The second-order valence-corrected chi connectivity index (χ2v) is 6.21. The maximum absolute atomic E-state index is 12.5. The van der Waals surface area contributed by atoms with Gasteiger partial charge in [0.2, 0.25) is 0 Å². The Balaban J connectivity index is 2.02. The number of carbonyl (C=O) groups is 1. The SMILES string of the molecule is Cc1cc(Cl)ccc1O[C@H](C)C(=O)N(C)Cc1cn(C)nc1C. The lowest BCUT2D eigenvalue weighted by atomic mass is 10.2. The highest BCUT2D eigenvalue weighted by Crippen LogP contribution is 2.23. The molecule has 0 radical (unpaired) electrons. The Hall–Kier alpha value is -2.01. The van der Waals surface area contributed by atoms with Gasteiger partial charge in [0.15, 0.2) is 6.10 Å². The fourth-order valence-electron chi connectivity index (χ4n) is 2.43. The van der Waals surface area contributed by atoms with Gasteiger partial charge < -0.3 is 9.64 Å². The number of carbonyl (C=O) groups excluding carboxylic acids is 1. The lowest BCUT2D eigenvalue weighted by Crippen LogP contribution is -2.37. The lowest BCUT2D eigenvalue weighted by molar-refractivity contribution is -0.137. The predicted molar refractivity (Wildman–Crippen MR) is 90.7 cm³/mol. The van der Waals surface area contributed by atoms with Gasteiger partial charge in [-0.15, -0.1) is 0 Å². The summed E-state index contributed by atoms with van der Waals surface area (Å²) < 4.78 is 7.54. The van der Waals surface area contributed by atoms with Crippen molar-refractivity contribution in [3.8, 4) is 5.75 Å². The standard InChI is InChI=1S/C17H22ClN3O2/c1-11-8-15(18)6-7-16(11)23-13(3)17(22)20(4)9-14-10-21(5)19-12(14)2/h6-8,10,13H,9H2,1-5H3/t13-/m1/s1. The van der Waals surface area contributed by atoms with Gasteiger partial charge in [0.05, 0.1) is 5.69 Å². The van der Waals surface area contributed by atoms with Crippen LogP contribution in [0.15, 0.2) is 24.4 Å². The number of aryl methyl sites for hydroxylation is 3. The summed E-state index contributed by atoms with van der Waals surface area (Å²) in [6.07, 6.45) is 1.35. The molecule has 0 spiro atoms. The quantitative estimate of drug-likeness (QED) is 0.843. The molecule has 6 heteroatoms. The Morgan fingerprint density at radius 1 is 1.43 bits per heavy atom. The van der Waals surface area contributed by atoms with Crippen molar-refractivity contribution in [1.29, 1.82) is 0 Å². The van der Waals surface area contributed by atoms with E-state index in [-0.39, 0.29) is 5.91 Å². The van der Waals surface area contributed by atoms with Crippen molar-refractivity contribution in [3.63, 3.8) is 0 Å². The second-order valence-electron chi connectivity index (χ2n) is 5.78. The molecule has 0 bridgehead atoms. The molecule has 5 nitrogen and oxygen atoms in total. The fourth-order valence-corrected chi connectivity index (χ4v) is 2.66. The molecule has 1 heterocycles. The van der Waals surface area contributed by atoms with E-state index < -0.39 is 6.10 Å². The first-order chi connectivity index (χ1) is 10.8. The summed E-state index contributed by atoms with van der Waals surface area (Å²) in [6, 6.07) is 5.35. The smallest absolute Gasteiger partial charge is 0.263 e. The van der Waals surface area contributed by atoms with Crippen LogP contribution in [0.1, 0.15) is 23.7 Å². The molecule has 2 rings (SSSR count). The number of hydrogen-bond acceptors (Lipinski definition) is 3. The van der Waals surface area contributed by atoms with Crippen LogP contribution >= 0.6 is 11.6 Å². The van der Waals surface area contributed by atoms with Gasteiger partial charge >= 0.3 is 0 Å². The molecular weight excluding hydrogens is 314 g/mol. The third-order valence-electron chi connectivity index (χ3n) is 3.69. The van der Waals surface area contributed by atoms with E-state index in [1.165, 1.54) is 0 Å². The Bertz CT molecular complexity index is 712. The van der Waals surface area contributed by atoms with Crippen molar-refractivity contribution in [3.05, 3.63) is 46.2 Å². The van der Waals surface area contributed by atoms with Crippen LogP contribution in [-0.2, 0) is 18.4 Å². The van der Waals surface area contributed by atoms with Crippen LogP contribution < -0.4 is 4.74 Å². The predicted octanol–water partition coefficient (Wildman–Crippen LogP) is 3.12. The molecule has 1 atom stereocenters. The summed E-state index contributed by atoms with van der Waals surface area (Å²) in [5.41, 5.74) is 2.86. The molecule has 0 unspecified atom stereocenters. The van der Waals surface area contributed by atoms with Gasteiger partial charge in [-0.05, 0) is 44.5 Å². The molecule has 124 valence electrons. The van der Waals surface area contributed by atoms with Crippen LogP contribution in [-0.4, -0.2) is 33.7 Å². The maximum Gasteiger partial charge on any atom is 0.263 e. The molecule has 0 N–H and O–H groups in total. The molecule has 0 aliphatic rings. The summed E-state index contributed by atoms with van der Waals surface area (Å²) in [5.74, 6) is 0.587. The van der Waals surface area contributed by atoms with Crippen molar-refractivity contribution >= 4 is 17.5 Å². The monoisotopic (exact) mass is 335 g/mol. The van der Waals surface area contributed by atoms with E-state index in [1.807, 2.05) is 33.2 Å². The first kappa shape index (κ1) is 17.3. The molecule has 23 heavy (non-hydrogen) atoms. The zero-order chi connectivity index (χ0) is 17.1. The van der Waals surface area contributed by atoms with Crippen LogP contribution in [0.3, 0.4) is 0 Å². The number of hydrogen-bond donors (Lipinski definition) is 0. The van der Waals surface area contributed by atoms with E-state index >= 15 is 0 Å².